The van der Waals surface area contributed by atoms with Crippen molar-refractivity contribution in [2.75, 3.05) is 0 Å². The zero-order chi connectivity index (χ0) is 5.21. The molecule has 0 saturated heterocycles. The molecule has 0 aromatic rings. The first-order valence-corrected chi connectivity index (χ1v) is 2.17. The molecule has 0 bridgehead atoms. The van der Waals surface area contributed by atoms with Gasteiger partial charge < -0.3 is 0 Å². The van der Waals surface area contributed by atoms with Crippen molar-refractivity contribution < 1.29 is 4.29 Å². The fourth-order valence-electron chi connectivity index (χ4n) is 0. The molecule has 0 aromatic heterocycles. The van der Waals surface area contributed by atoms with Gasteiger partial charge in [0.1, 0.15) is 0 Å². The molecule has 0 heterocycles. The Kier molecular flexibility index (Phi) is 7.89. The van der Waals surface area contributed by atoms with Gasteiger partial charge in [0, 0.05) is 51.4 Å². The van der Waals surface area contributed by atoms with Crippen LogP contribution in [-0.2, 0) is 4.29 Å². The fourth-order valence-corrected chi connectivity index (χ4v) is 0. The van der Waals surface area contributed by atoms with Crippen LogP contribution in [0.2, 0.25) is 0 Å². The summed E-state index contributed by atoms with van der Waals surface area (Å²) in [6.07, 6.45) is 0. The summed E-state index contributed by atoms with van der Waals surface area (Å²) in [4.78, 5) is 0. The van der Waals surface area contributed by atoms with Gasteiger partial charge in [-0.1, -0.05) is 0 Å². The molecule has 0 amide bonds. The van der Waals surface area contributed by atoms with Gasteiger partial charge in [-0.25, -0.2) is 0 Å². The van der Waals surface area contributed by atoms with E-state index in [2.05, 4.69) is 4.29 Å². The minimum absolute atomic E-state index is 0. The molecule has 0 aliphatic heterocycles. The smallest absolute Gasteiger partial charge is 0.0813 e. The van der Waals surface area contributed by atoms with Crippen LogP contribution in [0.15, 0.2) is 0 Å². The summed E-state index contributed by atoms with van der Waals surface area (Å²) < 4.78 is 4.41. The molecule has 0 rings (SSSR count). The number of hydrogen-bond acceptors (Lipinski definition) is 1. The summed E-state index contributed by atoms with van der Waals surface area (Å²) in [5, 5.41) is 0. The molecule has 0 N–H and O–H groups in total. The molecular weight excluding hydrogens is 139 g/mol. The van der Waals surface area contributed by atoms with E-state index in [0.29, 0.717) is 0 Å². The van der Waals surface area contributed by atoms with Crippen molar-refractivity contribution in [1.82, 2.24) is 0 Å². The van der Waals surface area contributed by atoms with Gasteiger partial charge in [0.15, 0.2) is 0 Å². The third-order valence-corrected chi connectivity index (χ3v) is 0.694. The number of hydrogen-bond donors (Lipinski definition) is 0. The van der Waals surface area contributed by atoms with Gasteiger partial charge in [-0.05, 0) is 20.8 Å². The van der Waals surface area contributed by atoms with Crippen LogP contribution in [0.25, 0.3) is 0 Å². The zero-order valence-electron chi connectivity index (χ0n) is 5.29. The standard InChI is InChI=1S/C4H9ClO.K/c1-4(2,3)6-5;/h1-3H3;. The van der Waals surface area contributed by atoms with Gasteiger partial charge in [0.05, 0.1) is 17.5 Å². The molecule has 0 unspecified atom stereocenters. The summed E-state index contributed by atoms with van der Waals surface area (Å²) in [5.41, 5.74) is -0.193. The average Bonchev–Trinajstić information content (AvgIpc) is 1.35. The third kappa shape index (κ3) is 11.4. The maximum Gasteiger partial charge on any atom is 0.0813 e. The van der Waals surface area contributed by atoms with Crippen LogP contribution >= 0.6 is 11.9 Å². The predicted molar refractivity (Wildman–Crippen MR) is 32.4 cm³/mol. The molecule has 7 heavy (non-hydrogen) atoms. The Labute approximate surface area is 92.3 Å². The molecular formula is C4H9ClKO. The van der Waals surface area contributed by atoms with Crippen LogP contribution < -0.4 is 0 Å². The predicted octanol–water partition coefficient (Wildman–Crippen LogP) is 1.57. The molecule has 39 valence electrons. The molecule has 3 heteroatoms. The Morgan fingerprint density at radius 3 is 1.43 bits per heavy atom. The van der Waals surface area contributed by atoms with E-state index in [0.717, 1.165) is 0 Å². The van der Waals surface area contributed by atoms with E-state index in [4.69, 9.17) is 11.9 Å². The second-order valence-electron chi connectivity index (χ2n) is 2.19. The first kappa shape index (κ1) is 11.7. The quantitative estimate of drug-likeness (QED) is 0.473. The minimum Gasteiger partial charge on any atom is -0.273 e. The Morgan fingerprint density at radius 2 is 1.43 bits per heavy atom. The van der Waals surface area contributed by atoms with Crippen molar-refractivity contribution in [2.24, 2.45) is 0 Å². The van der Waals surface area contributed by atoms with Crippen LogP contribution in [-0.4, -0.2) is 57.0 Å². The Morgan fingerprint density at radius 1 is 1.29 bits per heavy atom. The third-order valence-electron chi connectivity index (χ3n) is 0.231. The van der Waals surface area contributed by atoms with Crippen LogP contribution in [0.3, 0.4) is 0 Å². The molecule has 0 aromatic carbocycles. The molecule has 0 atom stereocenters. The molecule has 0 aliphatic rings. The minimum atomic E-state index is -0.193. The van der Waals surface area contributed by atoms with Crippen molar-refractivity contribution in [3.8, 4) is 0 Å². The van der Waals surface area contributed by atoms with Crippen molar-refractivity contribution in [1.29, 1.82) is 0 Å². The number of rotatable bonds is 0. The average molecular weight is 148 g/mol. The monoisotopic (exact) mass is 147 g/mol. The van der Waals surface area contributed by atoms with Crippen molar-refractivity contribution in [3.63, 3.8) is 0 Å². The van der Waals surface area contributed by atoms with Crippen LogP contribution in [0.1, 0.15) is 20.8 Å². The molecule has 1 nitrogen and oxygen atoms in total. The SMILES string of the molecule is CC(C)(C)OCl.[K]. The van der Waals surface area contributed by atoms with Gasteiger partial charge >= 0.3 is 0 Å². The van der Waals surface area contributed by atoms with Gasteiger partial charge in [0.2, 0.25) is 0 Å². The van der Waals surface area contributed by atoms with E-state index in [1.165, 1.54) is 0 Å². The fraction of sp³-hybridized carbons (Fsp3) is 1.00. The summed E-state index contributed by atoms with van der Waals surface area (Å²) in [6.45, 7) is 5.67. The summed E-state index contributed by atoms with van der Waals surface area (Å²) in [5.74, 6) is 0. The first-order chi connectivity index (χ1) is 2.56. The molecule has 0 saturated carbocycles. The van der Waals surface area contributed by atoms with Crippen LogP contribution in [0.5, 0.6) is 0 Å². The zero-order valence-corrected chi connectivity index (χ0v) is 9.17. The van der Waals surface area contributed by atoms with E-state index >= 15 is 0 Å². The van der Waals surface area contributed by atoms with E-state index in [9.17, 15) is 0 Å². The Balaban J connectivity index is 0. The topological polar surface area (TPSA) is 9.23 Å². The second kappa shape index (κ2) is 4.74. The largest absolute Gasteiger partial charge is 0.273 e. The molecule has 0 spiro atoms. The summed E-state index contributed by atoms with van der Waals surface area (Å²) in [6, 6.07) is 0. The summed E-state index contributed by atoms with van der Waals surface area (Å²) in [7, 11) is 0. The van der Waals surface area contributed by atoms with Gasteiger partial charge in [-0.3, -0.25) is 4.29 Å². The van der Waals surface area contributed by atoms with Crippen LogP contribution in [0.4, 0.5) is 0 Å². The van der Waals surface area contributed by atoms with E-state index in [1.54, 1.807) is 0 Å². The normalized spacial score (nSPS) is 10.3. The molecule has 0 aliphatic carbocycles. The van der Waals surface area contributed by atoms with Crippen molar-refractivity contribution in [3.05, 3.63) is 0 Å². The van der Waals surface area contributed by atoms with Gasteiger partial charge in [-0.15, -0.1) is 0 Å². The van der Waals surface area contributed by atoms with Crippen molar-refractivity contribution >= 4 is 63.3 Å². The van der Waals surface area contributed by atoms with Gasteiger partial charge in [0.25, 0.3) is 0 Å². The van der Waals surface area contributed by atoms with E-state index in [1.807, 2.05) is 20.8 Å². The van der Waals surface area contributed by atoms with Gasteiger partial charge in [-0.2, -0.15) is 0 Å². The molecule has 0 fully saturated rings. The second-order valence-corrected chi connectivity index (χ2v) is 2.34. The maximum atomic E-state index is 4.98. The van der Waals surface area contributed by atoms with Crippen LogP contribution in [0, 0.1) is 0 Å². The summed E-state index contributed by atoms with van der Waals surface area (Å²) >= 11 is 4.98. The molecule has 1 radical (unpaired) electrons. The van der Waals surface area contributed by atoms with Crippen molar-refractivity contribution in [2.45, 2.75) is 26.4 Å². The maximum absolute atomic E-state index is 4.98. The number of halogens is 1. The first-order valence-electron chi connectivity index (χ1n) is 1.86. The van der Waals surface area contributed by atoms with E-state index < -0.39 is 0 Å². The van der Waals surface area contributed by atoms with E-state index in [-0.39, 0.29) is 57.0 Å². The Bertz CT molecular complexity index is 41.4. The Hall–Kier alpha value is 1.89.